The van der Waals surface area contributed by atoms with Crippen LogP contribution in [-0.2, 0) is 4.79 Å². The summed E-state index contributed by atoms with van der Waals surface area (Å²) in [6.45, 7) is 1.45. The van der Waals surface area contributed by atoms with E-state index in [0.717, 1.165) is 0 Å². The Morgan fingerprint density at radius 2 is 1.60 bits per heavy atom. The van der Waals surface area contributed by atoms with Crippen molar-refractivity contribution in [1.29, 1.82) is 0 Å². The van der Waals surface area contributed by atoms with Gasteiger partial charge in [0.25, 0.3) is 5.91 Å². The van der Waals surface area contributed by atoms with Crippen LogP contribution < -0.4 is 5.56 Å². The molecule has 3 rings (SSSR count). The van der Waals surface area contributed by atoms with Crippen molar-refractivity contribution < 1.29 is 22.8 Å². The molecule has 1 fully saturated rings. The summed E-state index contributed by atoms with van der Waals surface area (Å²) in [5.41, 5.74) is -3.64. The second-order valence-electron chi connectivity index (χ2n) is 6.51. The molecule has 0 saturated carbocycles. The highest BCUT2D eigenvalue weighted by Crippen LogP contribution is 2.36. The maximum Gasteiger partial charge on any atom is 0.446 e. The number of pyridine rings is 1. The third-order valence-electron chi connectivity index (χ3n) is 4.44. The Hall–Kier alpha value is -3.01. The third kappa shape index (κ3) is 5.99. The molecule has 6 nitrogen and oxygen atoms in total. The number of amides is 2. The maximum atomic E-state index is 12.4. The van der Waals surface area contributed by atoms with E-state index in [1.165, 1.54) is 48.7 Å². The molecular formula is C20H18F3N3O3S. The quantitative estimate of drug-likeness (QED) is 0.590. The zero-order valence-corrected chi connectivity index (χ0v) is 16.5. The summed E-state index contributed by atoms with van der Waals surface area (Å²) in [5, 5.41) is 0. The molecule has 1 N–H and O–H groups in total. The average Bonchev–Trinajstić information content (AvgIpc) is 2.72. The van der Waals surface area contributed by atoms with Gasteiger partial charge in [0, 0.05) is 49.4 Å². The van der Waals surface area contributed by atoms with Gasteiger partial charge in [-0.1, -0.05) is 12.1 Å². The fourth-order valence-corrected chi connectivity index (χ4v) is 3.45. The number of aromatic nitrogens is 1. The van der Waals surface area contributed by atoms with Gasteiger partial charge in [-0.05, 0) is 41.6 Å². The zero-order valence-electron chi connectivity index (χ0n) is 15.7. The van der Waals surface area contributed by atoms with E-state index in [2.05, 4.69) is 4.98 Å². The average molecular weight is 437 g/mol. The standard InChI is InChI=1S/C20H18F3N3O3S/c21-20(22,23)30-16-5-1-14(2-6-16)3-8-18(28)25-9-11-26(12-10-25)19(29)15-4-7-17(27)24-13-15/h1-8,13H,9-12H2,(H,24,27)/b8-3+. The van der Waals surface area contributed by atoms with Crippen molar-refractivity contribution in [1.82, 2.24) is 14.8 Å². The van der Waals surface area contributed by atoms with E-state index in [1.54, 1.807) is 15.9 Å². The van der Waals surface area contributed by atoms with Crippen LogP contribution in [0.3, 0.4) is 0 Å². The lowest BCUT2D eigenvalue weighted by atomic mass is 10.2. The van der Waals surface area contributed by atoms with Crippen molar-refractivity contribution in [3.05, 3.63) is 70.2 Å². The van der Waals surface area contributed by atoms with Gasteiger partial charge in [0.05, 0.1) is 5.56 Å². The fourth-order valence-electron chi connectivity index (χ4n) is 2.91. The SMILES string of the molecule is O=C(/C=C/c1ccc(SC(F)(F)F)cc1)N1CCN(C(=O)c2ccc(=O)[nH]c2)CC1. The molecule has 1 saturated heterocycles. The highest BCUT2D eigenvalue weighted by molar-refractivity contribution is 8.00. The molecule has 0 unspecified atom stereocenters. The summed E-state index contributed by atoms with van der Waals surface area (Å²) < 4.78 is 37.1. The Morgan fingerprint density at radius 1 is 0.967 bits per heavy atom. The van der Waals surface area contributed by atoms with Gasteiger partial charge in [-0.15, -0.1) is 0 Å². The third-order valence-corrected chi connectivity index (χ3v) is 5.18. The topological polar surface area (TPSA) is 73.5 Å². The van der Waals surface area contributed by atoms with Crippen LogP contribution in [0.4, 0.5) is 13.2 Å². The van der Waals surface area contributed by atoms with Crippen LogP contribution in [0.2, 0.25) is 0 Å². The molecule has 30 heavy (non-hydrogen) atoms. The summed E-state index contributed by atoms with van der Waals surface area (Å²) in [5.74, 6) is -0.453. The number of carbonyl (C=O) groups excluding carboxylic acids is 2. The lowest BCUT2D eigenvalue weighted by Gasteiger charge is -2.34. The second-order valence-corrected chi connectivity index (χ2v) is 7.65. The highest BCUT2D eigenvalue weighted by atomic mass is 32.2. The van der Waals surface area contributed by atoms with E-state index >= 15 is 0 Å². The first kappa shape index (κ1) is 21.7. The monoisotopic (exact) mass is 437 g/mol. The number of hydrogen-bond donors (Lipinski definition) is 1. The van der Waals surface area contributed by atoms with Crippen LogP contribution in [0.5, 0.6) is 0 Å². The Morgan fingerprint density at radius 3 is 2.17 bits per heavy atom. The lowest BCUT2D eigenvalue weighted by molar-refractivity contribution is -0.127. The van der Waals surface area contributed by atoms with Crippen molar-refractivity contribution >= 4 is 29.7 Å². The number of carbonyl (C=O) groups is 2. The summed E-state index contributed by atoms with van der Waals surface area (Å²) in [6.07, 6.45) is 4.27. The molecule has 0 spiro atoms. The lowest BCUT2D eigenvalue weighted by Crippen LogP contribution is -2.50. The number of piperazine rings is 1. The van der Waals surface area contributed by atoms with Gasteiger partial charge in [-0.2, -0.15) is 13.2 Å². The number of H-pyrrole nitrogens is 1. The molecule has 0 radical (unpaired) electrons. The fraction of sp³-hybridized carbons (Fsp3) is 0.250. The second kappa shape index (κ2) is 9.21. The predicted molar refractivity (Wildman–Crippen MR) is 107 cm³/mol. The number of halogens is 3. The minimum absolute atomic E-state index is 0.0780. The predicted octanol–water partition coefficient (Wildman–Crippen LogP) is 2.98. The molecule has 0 bridgehead atoms. The van der Waals surface area contributed by atoms with E-state index < -0.39 is 5.51 Å². The van der Waals surface area contributed by atoms with Crippen molar-refractivity contribution in [2.75, 3.05) is 26.2 Å². The van der Waals surface area contributed by atoms with Crippen LogP contribution in [0.15, 0.2) is 58.4 Å². The van der Waals surface area contributed by atoms with Crippen LogP contribution in [-0.4, -0.2) is 58.3 Å². The van der Waals surface area contributed by atoms with Gasteiger partial charge in [0.1, 0.15) is 0 Å². The number of rotatable bonds is 4. The maximum absolute atomic E-state index is 12.4. The van der Waals surface area contributed by atoms with Crippen molar-refractivity contribution in [2.24, 2.45) is 0 Å². The van der Waals surface area contributed by atoms with E-state index in [-0.39, 0.29) is 34.0 Å². The molecule has 2 heterocycles. The highest BCUT2D eigenvalue weighted by Gasteiger charge is 2.29. The number of aromatic amines is 1. The zero-order chi connectivity index (χ0) is 21.7. The van der Waals surface area contributed by atoms with Gasteiger partial charge in [0.2, 0.25) is 11.5 Å². The van der Waals surface area contributed by atoms with Crippen molar-refractivity contribution in [2.45, 2.75) is 10.4 Å². The van der Waals surface area contributed by atoms with Gasteiger partial charge >= 0.3 is 5.51 Å². The Bertz CT molecular complexity index is 974. The molecule has 0 aliphatic carbocycles. The van der Waals surface area contributed by atoms with Gasteiger partial charge in [0.15, 0.2) is 0 Å². The van der Waals surface area contributed by atoms with E-state index in [4.69, 9.17) is 0 Å². The van der Waals surface area contributed by atoms with Crippen LogP contribution >= 0.6 is 11.8 Å². The molecule has 2 aromatic rings. The number of thioether (sulfide) groups is 1. The minimum Gasteiger partial charge on any atom is -0.336 e. The van der Waals surface area contributed by atoms with Crippen LogP contribution in [0.1, 0.15) is 15.9 Å². The van der Waals surface area contributed by atoms with Crippen molar-refractivity contribution in [3.8, 4) is 0 Å². The molecule has 1 aromatic carbocycles. The molecule has 158 valence electrons. The molecule has 2 amide bonds. The number of benzene rings is 1. The molecule has 0 atom stereocenters. The van der Waals surface area contributed by atoms with Crippen LogP contribution in [0.25, 0.3) is 6.08 Å². The molecule has 1 aliphatic rings. The summed E-state index contributed by atoms with van der Waals surface area (Å²) in [6, 6.07) is 8.47. The van der Waals surface area contributed by atoms with E-state index in [1.807, 2.05) is 0 Å². The van der Waals surface area contributed by atoms with E-state index in [0.29, 0.717) is 37.3 Å². The number of nitrogens with zero attached hydrogens (tertiary/aromatic N) is 2. The normalized spacial score (nSPS) is 14.9. The minimum atomic E-state index is -4.34. The molecule has 1 aromatic heterocycles. The summed E-state index contributed by atoms with van der Waals surface area (Å²) >= 11 is -0.191. The number of hydrogen-bond acceptors (Lipinski definition) is 4. The Balaban J connectivity index is 1.52. The van der Waals surface area contributed by atoms with Crippen LogP contribution in [0, 0.1) is 0 Å². The smallest absolute Gasteiger partial charge is 0.336 e. The molecule has 10 heteroatoms. The van der Waals surface area contributed by atoms with E-state index in [9.17, 15) is 27.6 Å². The van der Waals surface area contributed by atoms with Crippen molar-refractivity contribution in [3.63, 3.8) is 0 Å². The molecule has 1 aliphatic heterocycles. The van der Waals surface area contributed by atoms with Gasteiger partial charge in [-0.25, -0.2) is 0 Å². The first-order valence-electron chi connectivity index (χ1n) is 9.02. The number of nitrogens with one attached hydrogen (secondary N) is 1. The Labute approximate surface area is 174 Å². The summed E-state index contributed by atoms with van der Waals surface area (Å²) in [7, 11) is 0. The first-order chi connectivity index (χ1) is 14.2. The first-order valence-corrected chi connectivity index (χ1v) is 9.84. The van der Waals surface area contributed by atoms with Gasteiger partial charge in [-0.3, -0.25) is 14.4 Å². The molecular weight excluding hydrogens is 419 g/mol. The largest absolute Gasteiger partial charge is 0.446 e. The Kier molecular flexibility index (Phi) is 6.66. The van der Waals surface area contributed by atoms with Gasteiger partial charge < -0.3 is 14.8 Å². The summed E-state index contributed by atoms with van der Waals surface area (Å²) in [4.78, 5) is 41.6. The number of alkyl halides is 3.